The van der Waals surface area contributed by atoms with Gasteiger partial charge in [-0.05, 0) is 6.92 Å². The molecule has 0 radical (unpaired) electrons. The molecule has 0 rings (SSSR count). The number of alkyl halides is 1. The highest BCUT2D eigenvalue weighted by molar-refractivity contribution is 6.30. The molecular weight excluding hydrogens is 170 g/mol. The minimum absolute atomic E-state index is 0.180. The molecule has 2 N–H and O–H groups in total. The van der Waals surface area contributed by atoms with Crippen molar-refractivity contribution < 1.29 is 14.3 Å². The zero-order valence-corrected chi connectivity index (χ0v) is 6.93. The molecule has 0 bridgehead atoms. The van der Waals surface area contributed by atoms with Gasteiger partial charge in [-0.25, -0.2) is 0 Å². The van der Waals surface area contributed by atoms with Gasteiger partial charge in [0.15, 0.2) is 0 Å². The third kappa shape index (κ3) is 4.61. The van der Waals surface area contributed by atoms with Gasteiger partial charge in [0.05, 0.1) is 13.0 Å². The Morgan fingerprint density at radius 3 is 2.55 bits per heavy atom. The summed E-state index contributed by atoms with van der Waals surface area (Å²) in [6.07, 6.45) is -0.180. The molecule has 1 unspecified atom stereocenters. The standard InChI is InChI=1S/C6H10ClNO3/c1-2-11-6(10)4(7)3-5(8)9/h4H,2-3H2,1H3,(H2,8,9). The Balaban J connectivity index is 3.73. The van der Waals surface area contributed by atoms with Crippen LogP contribution in [0.1, 0.15) is 13.3 Å². The quantitative estimate of drug-likeness (QED) is 0.489. The highest BCUT2D eigenvalue weighted by Gasteiger charge is 2.18. The van der Waals surface area contributed by atoms with E-state index in [1.54, 1.807) is 6.92 Å². The van der Waals surface area contributed by atoms with E-state index in [-0.39, 0.29) is 13.0 Å². The van der Waals surface area contributed by atoms with Gasteiger partial charge in [-0.2, -0.15) is 0 Å². The van der Waals surface area contributed by atoms with Crippen molar-refractivity contribution in [3.05, 3.63) is 0 Å². The van der Waals surface area contributed by atoms with Gasteiger partial charge >= 0.3 is 5.97 Å². The van der Waals surface area contributed by atoms with Gasteiger partial charge in [0.25, 0.3) is 0 Å². The molecule has 0 aliphatic rings. The van der Waals surface area contributed by atoms with Crippen LogP contribution >= 0.6 is 11.6 Å². The molecular formula is C6H10ClNO3. The third-order valence-electron chi connectivity index (χ3n) is 0.923. The molecule has 4 nitrogen and oxygen atoms in total. The van der Waals surface area contributed by atoms with Crippen molar-refractivity contribution in [1.29, 1.82) is 0 Å². The van der Waals surface area contributed by atoms with Crippen LogP contribution in [0.5, 0.6) is 0 Å². The molecule has 0 aromatic heterocycles. The summed E-state index contributed by atoms with van der Waals surface area (Å²) in [4.78, 5) is 21.0. The zero-order valence-electron chi connectivity index (χ0n) is 6.17. The molecule has 0 fully saturated rings. The normalized spacial score (nSPS) is 12.2. The van der Waals surface area contributed by atoms with E-state index in [1.165, 1.54) is 0 Å². The Hall–Kier alpha value is -0.770. The molecule has 0 spiro atoms. The van der Waals surface area contributed by atoms with E-state index in [4.69, 9.17) is 17.3 Å². The molecule has 64 valence electrons. The van der Waals surface area contributed by atoms with Crippen molar-refractivity contribution in [3.8, 4) is 0 Å². The number of hydrogen-bond acceptors (Lipinski definition) is 3. The second-order valence-corrected chi connectivity index (χ2v) is 2.42. The first-order valence-electron chi connectivity index (χ1n) is 3.17. The first kappa shape index (κ1) is 10.2. The van der Waals surface area contributed by atoms with Crippen LogP contribution in [0, 0.1) is 0 Å². The van der Waals surface area contributed by atoms with Crippen LogP contribution in [-0.2, 0) is 14.3 Å². The Kier molecular flexibility index (Phi) is 4.61. The van der Waals surface area contributed by atoms with Gasteiger partial charge in [-0.1, -0.05) is 0 Å². The van der Waals surface area contributed by atoms with Crippen LogP contribution in [0.3, 0.4) is 0 Å². The van der Waals surface area contributed by atoms with E-state index in [1.807, 2.05) is 0 Å². The topological polar surface area (TPSA) is 69.4 Å². The summed E-state index contributed by atoms with van der Waals surface area (Å²) in [7, 11) is 0. The maximum Gasteiger partial charge on any atom is 0.324 e. The minimum Gasteiger partial charge on any atom is -0.465 e. The molecule has 11 heavy (non-hydrogen) atoms. The van der Waals surface area contributed by atoms with Gasteiger partial charge in [0, 0.05) is 0 Å². The lowest BCUT2D eigenvalue weighted by molar-refractivity contribution is -0.143. The van der Waals surface area contributed by atoms with Gasteiger partial charge in [-0.15, -0.1) is 11.6 Å². The monoisotopic (exact) mass is 179 g/mol. The summed E-state index contributed by atoms with van der Waals surface area (Å²) in [6, 6.07) is 0. The van der Waals surface area contributed by atoms with E-state index in [0.29, 0.717) is 0 Å². The van der Waals surface area contributed by atoms with Gasteiger partial charge in [0.2, 0.25) is 5.91 Å². The first-order valence-corrected chi connectivity index (χ1v) is 3.60. The fourth-order valence-corrected chi connectivity index (χ4v) is 0.708. The smallest absolute Gasteiger partial charge is 0.324 e. The summed E-state index contributed by atoms with van der Waals surface area (Å²) >= 11 is 5.43. The summed E-state index contributed by atoms with van der Waals surface area (Å²) in [5, 5.41) is -0.951. The van der Waals surface area contributed by atoms with Crippen LogP contribution in [-0.4, -0.2) is 23.9 Å². The number of amides is 1. The molecule has 0 aromatic carbocycles. The van der Waals surface area contributed by atoms with Crippen molar-refractivity contribution in [1.82, 2.24) is 0 Å². The fourth-order valence-electron chi connectivity index (χ4n) is 0.493. The van der Waals surface area contributed by atoms with E-state index < -0.39 is 17.3 Å². The highest BCUT2D eigenvalue weighted by Crippen LogP contribution is 2.03. The molecule has 1 atom stereocenters. The number of halogens is 1. The fraction of sp³-hybridized carbons (Fsp3) is 0.667. The van der Waals surface area contributed by atoms with Crippen LogP contribution in [0.2, 0.25) is 0 Å². The molecule has 5 heteroatoms. The Labute approximate surface area is 69.6 Å². The number of hydrogen-bond donors (Lipinski definition) is 1. The van der Waals surface area contributed by atoms with Crippen LogP contribution in [0.4, 0.5) is 0 Å². The van der Waals surface area contributed by atoms with Gasteiger partial charge < -0.3 is 10.5 Å². The average Bonchev–Trinajstić information content (AvgIpc) is 1.86. The molecule has 0 aliphatic heterocycles. The second kappa shape index (κ2) is 4.96. The lowest BCUT2D eigenvalue weighted by Crippen LogP contribution is -2.24. The van der Waals surface area contributed by atoms with Crippen molar-refractivity contribution in [2.45, 2.75) is 18.7 Å². The second-order valence-electron chi connectivity index (χ2n) is 1.89. The molecule has 1 amide bonds. The van der Waals surface area contributed by atoms with Crippen molar-refractivity contribution >= 4 is 23.5 Å². The number of ether oxygens (including phenoxy) is 1. The molecule has 0 aromatic rings. The summed E-state index contributed by atoms with van der Waals surface area (Å²) in [5.41, 5.74) is 4.80. The number of nitrogens with two attached hydrogens (primary N) is 1. The number of carbonyl (C=O) groups excluding carboxylic acids is 2. The lowest BCUT2D eigenvalue weighted by atomic mass is 10.3. The largest absolute Gasteiger partial charge is 0.465 e. The Morgan fingerprint density at radius 2 is 2.18 bits per heavy atom. The predicted molar refractivity (Wildman–Crippen MR) is 40.1 cm³/mol. The summed E-state index contributed by atoms with van der Waals surface area (Å²) < 4.78 is 4.53. The van der Waals surface area contributed by atoms with E-state index >= 15 is 0 Å². The zero-order chi connectivity index (χ0) is 8.85. The number of primary amides is 1. The molecule has 0 aliphatic carbocycles. The Morgan fingerprint density at radius 1 is 1.64 bits per heavy atom. The Bertz CT molecular complexity index is 160. The maximum absolute atomic E-state index is 10.7. The van der Waals surface area contributed by atoms with Crippen LogP contribution in [0.25, 0.3) is 0 Å². The number of rotatable bonds is 4. The van der Waals surface area contributed by atoms with Gasteiger partial charge in [0.1, 0.15) is 5.38 Å². The molecule has 0 saturated heterocycles. The number of esters is 1. The van der Waals surface area contributed by atoms with Crippen LogP contribution < -0.4 is 5.73 Å². The average molecular weight is 180 g/mol. The third-order valence-corrected chi connectivity index (χ3v) is 1.26. The van der Waals surface area contributed by atoms with Gasteiger partial charge in [-0.3, -0.25) is 9.59 Å². The van der Waals surface area contributed by atoms with Crippen molar-refractivity contribution in [2.24, 2.45) is 5.73 Å². The number of carbonyl (C=O) groups is 2. The maximum atomic E-state index is 10.7. The first-order chi connectivity index (χ1) is 5.07. The van der Waals surface area contributed by atoms with Crippen molar-refractivity contribution in [3.63, 3.8) is 0 Å². The molecule has 0 saturated carbocycles. The van der Waals surface area contributed by atoms with E-state index in [9.17, 15) is 9.59 Å². The van der Waals surface area contributed by atoms with E-state index in [2.05, 4.69) is 4.74 Å². The van der Waals surface area contributed by atoms with Crippen LogP contribution in [0.15, 0.2) is 0 Å². The SMILES string of the molecule is CCOC(=O)C(Cl)CC(N)=O. The lowest BCUT2D eigenvalue weighted by Gasteiger charge is -2.04. The van der Waals surface area contributed by atoms with E-state index in [0.717, 1.165) is 0 Å². The molecule has 0 heterocycles. The summed E-state index contributed by atoms with van der Waals surface area (Å²) in [6.45, 7) is 1.91. The van der Waals surface area contributed by atoms with Crippen molar-refractivity contribution in [2.75, 3.05) is 6.61 Å². The minimum atomic E-state index is -0.951. The summed E-state index contributed by atoms with van der Waals surface area (Å²) in [5.74, 6) is -1.22. The predicted octanol–water partition coefficient (Wildman–Crippen LogP) is 0.0323. The highest BCUT2D eigenvalue weighted by atomic mass is 35.5.